The van der Waals surface area contributed by atoms with E-state index in [0.29, 0.717) is 29.0 Å². The van der Waals surface area contributed by atoms with Gasteiger partial charge in [0, 0.05) is 6.08 Å². The van der Waals surface area contributed by atoms with E-state index in [4.69, 9.17) is 9.47 Å². The maximum absolute atomic E-state index is 14.1. The van der Waals surface area contributed by atoms with E-state index in [1.54, 1.807) is 43.3 Å². The largest absolute Gasteiger partial charge is 0.458 e. The fourth-order valence-corrected chi connectivity index (χ4v) is 7.13. The summed E-state index contributed by atoms with van der Waals surface area (Å²) in [4.78, 5) is 40.6. The third-order valence-corrected chi connectivity index (χ3v) is 9.63. The van der Waals surface area contributed by atoms with Gasteiger partial charge in [-0.05, 0) is 84.3 Å². The number of hydrogen-bond donors (Lipinski definition) is 1. The number of esters is 2. The van der Waals surface area contributed by atoms with E-state index < -0.39 is 41.4 Å². The first-order valence-corrected chi connectivity index (χ1v) is 14.8. The first kappa shape index (κ1) is 29.7. The van der Waals surface area contributed by atoms with Crippen LogP contribution in [0.3, 0.4) is 0 Å². The Labute approximate surface area is 248 Å². The fourth-order valence-electron chi connectivity index (χ4n) is 7.13. The molecule has 2 fully saturated rings. The predicted octanol–water partition coefficient (Wildman–Crippen LogP) is 6.36. The third kappa shape index (κ3) is 5.65. The molecule has 2 saturated carbocycles. The van der Waals surface area contributed by atoms with Gasteiger partial charge in [0.2, 0.25) is 0 Å². The summed E-state index contributed by atoms with van der Waals surface area (Å²) in [6.45, 7) is 12.3. The number of carbonyl (C=O) groups excluding carboxylic acids is 3. The zero-order chi connectivity index (χ0) is 30.2. The average molecular weight is 569 g/mol. The molecule has 0 radical (unpaired) electrons. The number of benzene rings is 2. The molecule has 0 bridgehead atoms. The van der Waals surface area contributed by atoms with Crippen LogP contribution in [0.5, 0.6) is 0 Å². The van der Waals surface area contributed by atoms with Gasteiger partial charge in [-0.3, -0.25) is 4.79 Å². The molecule has 1 N–H and O–H groups in total. The summed E-state index contributed by atoms with van der Waals surface area (Å²) in [7, 11) is 0. The monoisotopic (exact) mass is 568 g/mol. The Morgan fingerprint density at radius 2 is 1.67 bits per heavy atom. The highest BCUT2D eigenvalue weighted by atomic mass is 16.6. The van der Waals surface area contributed by atoms with E-state index in [-0.39, 0.29) is 23.7 Å². The Bertz CT molecular complexity index is 1420. The maximum Gasteiger partial charge on any atom is 0.338 e. The van der Waals surface area contributed by atoms with Gasteiger partial charge in [0.25, 0.3) is 0 Å². The Morgan fingerprint density at radius 3 is 2.33 bits per heavy atom. The van der Waals surface area contributed by atoms with Crippen molar-refractivity contribution in [2.24, 2.45) is 29.1 Å². The molecular weight excluding hydrogens is 528 g/mol. The zero-order valence-corrected chi connectivity index (χ0v) is 24.8. The van der Waals surface area contributed by atoms with Crippen LogP contribution in [-0.2, 0) is 19.1 Å². The van der Waals surface area contributed by atoms with Crippen LogP contribution in [0.4, 0.5) is 0 Å². The van der Waals surface area contributed by atoms with E-state index in [1.807, 2.05) is 43.3 Å². The number of ketones is 1. The second-order valence-corrected chi connectivity index (χ2v) is 12.8. The minimum absolute atomic E-state index is 0.0192. The van der Waals surface area contributed by atoms with Gasteiger partial charge in [-0.25, -0.2) is 9.59 Å². The van der Waals surface area contributed by atoms with Crippen molar-refractivity contribution in [3.05, 3.63) is 102 Å². The Kier molecular flexibility index (Phi) is 8.13. The molecule has 0 unspecified atom stereocenters. The van der Waals surface area contributed by atoms with Crippen LogP contribution in [0, 0.1) is 29.1 Å². The van der Waals surface area contributed by atoms with Crippen molar-refractivity contribution in [3.63, 3.8) is 0 Å². The lowest BCUT2D eigenvalue weighted by atomic mass is 9.77. The standard InChI is InChI=1S/C36H40O6/c1-22-16-18-27-28(35(27,4)5)20-23(2)33(38)36(40)21-24(3)32(41-29(37)19-17-25-12-8-6-9-13-25)30(36)31(22)42-34(39)26-14-10-7-11-15-26/h6-15,17,19-20,24,27-28,30-32,40H,1,16,18,21H2,2-5H3/b19-17+,23-20+/t24-,27-,28+,30-,31-,32-,36+/m0/s1. The van der Waals surface area contributed by atoms with Crippen molar-refractivity contribution in [2.75, 3.05) is 0 Å². The molecule has 0 saturated heterocycles. The smallest absolute Gasteiger partial charge is 0.338 e. The molecule has 3 aliphatic rings. The Hall–Kier alpha value is -3.77. The molecule has 2 aromatic rings. The first-order valence-electron chi connectivity index (χ1n) is 14.8. The van der Waals surface area contributed by atoms with E-state index in [2.05, 4.69) is 20.4 Å². The third-order valence-electron chi connectivity index (χ3n) is 9.63. The molecule has 0 aliphatic heterocycles. The molecule has 0 amide bonds. The van der Waals surface area contributed by atoms with Gasteiger partial charge in [0.05, 0.1) is 11.5 Å². The highest BCUT2D eigenvalue weighted by molar-refractivity contribution is 6.02. The number of Topliss-reactive ketones (excluding diaryl/α,β-unsaturated/α-hetero) is 1. The first-order chi connectivity index (χ1) is 19.9. The maximum atomic E-state index is 14.1. The van der Waals surface area contributed by atoms with Crippen LogP contribution in [0.1, 0.15) is 62.9 Å². The van der Waals surface area contributed by atoms with Gasteiger partial charge in [-0.2, -0.15) is 0 Å². The molecule has 0 heterocycles. The second-order valence-electron chi connectivity index (χ2n) is 12.8. The summed E-state index contributed by atoms with van der Waals surface area (Å²) in [5, 5.41) is 12.3. The molecule has 6 heteroatoms. The molecule has 0 aromatic heterocycles. The van der Waals surface area contributed by atoms with Gasteiger partial charge in [0.15, 0.2) is 5.78 Å². The molecule has 5 rings (SSSR count). The van der Waals surface area contributed by atoms with Gasteiger partial charge in [-0.15, -0.1) is 0 Å². The molecule has 7 atom stereocenters. The number of hydrogen-bond acceptors (Lipinski definition) is 6. The number of allylic oxidation sites excluding steroid dienone is 1. The molecule has 42 heavy (non-hydrogen) atoms. The summed E-state index contributed by atoms with van der Waals surface area (Å²) in [5.41, 5.74) is 0.363. The van der Waals surface area contributed by atoms with E-state index in [0.717, 1.165) is 12.0 Å². The molecule has 6 nitrogen and oxygen atoms in total. The number of aliphatic hydroxyl groups is 1. The highest BCUT2D eigenvalue weighted by Crippen LogP contribution is 2.62. The minimum atomic E-state index is -1.92. The van der Waals surface area contributed by atoms with Gasteiger partial charge in [0.1, 0.15) is 17.8 Å². The number of carbonyl (C=O) groups is 3. The summed E-state index contributed by atoms with van der Waals surface area (Å²) in [5.74, 6) is -2.48. The van der Waals surface area contributed by atoms with Crippen molar-refractivity contribution in [3.8, 4) is 0 Å². The molecule has 0 spiro atoms. The highest BCUT2D eigenvalue weighted by Gasteiger charge is 2.63. The SMILES string of the molecule is C=C1CC[C@H]2[C@@H](/C=C(\C)C(=O)[C@@]3(O)C[C@H](C)[C@H](OC(=O)/C=C/c4ccccc4)[C@@H]3[C@H]1OC(=O)c1ccccc1)C2(C)C. The van der Waals surface area contributed by atoms with E-state index >= 15 is 0 Å². The number of ether oxygens (including phenoxy) is 2. The predicted molar refractivity (Wildman–Crippen MR) is 161 cm³/mol. The van der Waals surface area contributed by atoms with E-state index in [1.165, 1.54) is 6.08 Å². The van der Waals surface area contributed by atoms with Crippen molar-refractivity contribution < 1.29 is 29.0 Å². The van der Waals surface area contributed by atoms with Crippen LogP contribution < -0.4 is 0 Å². The van der Waals surface area contributed by atoms with Gasteiger partial charge in [-0.1, -0.05) is 82.0 Å². The summed E-state index contributed by atoms with van der Waals surface area (Å²) in [6.07, 6.45) is 4.47. The van der Waals surface area contributed by atoms with Crippen LogP contribution >= 0.6 is 0 Å². The summed E-state index contributed by atoms with van der Waals surface area (Å²) >= 11 is 0. The van der Waals surface area contributed by atoms with Crippen molar-refractivity contribution in [1.82, 2.24) is 0 Å². The minimum Gasteiger partial charge on any atom is -0.458 e. The lowest BCUT2D eigenvalue weighted by Gasteiger charge is -2.37. The van der Waals surface area contributed by atoms with Crippen LogP contribution in [0.2, 0.25) is 0 Å². The molecule has 2 aromatic carbocycles. The van der Waals surface area contributed by atoms with E-state index in [9.17, 15) is 19.5 Å². The zero-order valence-electron chi connectivity index (χ0n) is 24.8. The van der Waals surface area contributed by atoms with Gasteiger partial charge < -0.3 is 14.6 Å². The van der Waals surface area contributed by atoms with Crippen molar-refractivity contribution in [2.45, 2.75) is 64.8 Å². The lowest BCUT2D eigenvalue weighted by molar-refractivity contribution is -0.158. The molecule has 220 valence electrons. The topological polar surface area (TPSA) is 89.9 Å². The van der Waals surface area contributed by atoms with Crippen LogP contribution in [0.25, 0.3) is 6.08 Å². The fraction of sp³-hybridized carbons (Fsp3) is 0.417. The lowest BCUT2D eigenvalue weighted by Crippen LogP contribution is -2.52. The molecular formula is C36H40O6. The van der Waals surface area contributed by atoms with Crippen LogP contribution in [0.15, 0.2) is 90.5 Å². The average Bonchev–Trinajstić information content (AvgIpc) is 3.38. The summed E-state index contributed by atoms with van der Waals surface area (Å²) in [6, 6.07) is 18.0. The van der Waals surface area contributed by atoms with Crippen LogP contribution in [-0.4, -0.2) is 40.6 Å². The normalized spacial score (nSPS) is 33.5. The molecule has 3 aliphatic carbocycles. The van der Waals surface area contributed by atoms with Crippen molar-refractivity contribution in [1.29, 1.82) is 0 Å². The Morgan fingerprint density at radius 1 is 1.02 bits per heavy atom. The van der Waals surface area contributed by atoms with Crippen molar-refractivity contribution >= 4 is 23.8 Å². The number of fused-ring (bicyclic) bond motifs is 2. The van der Waals surface area contributed by atoms with Gasteiger partial charge >= 0.3 is 11.9 Å². The Balaban J connectivity index is 1.53. The summed E-state index contributed by atoms with van der Waals surface area (Å²) < 4.78 is 12.1. The quantitative estimate of drug-likeness (QED) is 0.256. The number of rotatable bonds is 5. The second kappa shape index (κ2) is 11.5.